The van der Waals surface area contributed by atoms with E-state index in [9.17, 15) is 24.9 Å². The lowest BCUT2D eigenvalue weighted by Crippen LogP contribution is -2.19. The van der Waals surface area contributed by atoms with E-state index in [1.54, 1.807) is 28.8 Å². The number of nitrogens with zero attached hydrogens (tertiary/aromatic N) is 2. The molecule has 0 bridgehead atoms. The van der Waals surface area contributed by atoms with Crippen molar-refractivity contribution in [1.29, 1.82) is 0 Å². The van der Waals surface area contributed by atoms with Crippen LogP contribution >= 0.6 is 0 Å². The van der Waals surface area contributed by atoms with Crippen LogP contribution in [0.2, 0.25) is 0 Å². The van der Waals surface area contributed by atoms with Gasteiger partial charge in [0.1, 0.15) is 17.1 Å². The van der Waals surface area contributed by atoms with E-state index in [1.165, 1.54) is 13.8 Å². The average Bonchev–Trinajstić information content (AvgIpc) is 3.09. The number of ether oxygens (including phenoxy) is 1. The normalized spacial score (nSPS) is 11.4. The van der Waals surface area contributed by atoms with Crippen LogP contribution in [0.1, 0.15) is 61.1 Å². The summed E-state index contributed by atoms with van der Waals surface area (Å²) in [4.78, 5) is 27.4. The molecule has 0 saturated heterocycles. The van der Waals surface area contributed by atoms with Crippen molar-refractivity contribution in [2.45, 2.75) is 52.2 Å². The number of aromatic nitrogens is 2. The van der Waals surface area contributed by atoms with E-state index in [0.29, 0.717) is 17.8 Å². The van der Waals surface area contributed by atoms with Crippen LogP contribution in [0.15, 0.2) is 48.5 Å². The number of aromatic carboxylic acids is 1. The summed E-state index contributed by atoms with van der Waals surface area (Å²) in [6.07, 6.45) is 0.897. The topological polar surface area (TPSA) is 122 Å². The van der Waals surface area contributed by atoms with Gasteiger partial charge in [-0.15, -0.1) is 0 Å². The first kappa shape index (κ1) is 24.0. The molecule has 2 aromatic carbocycles. The molecule has 3 N–H and O–H groups in total. The second kappa shape index (κ2) is 9.87. The molecule has 0 amide bonds. The van der Waals surface area contributed by atoms with Crippen molar-refractivity contribution in [2.24, 2.45) is 0 Å². The molecule has 0 aliphatic carbocycles. The molecule has 3 aromatic rings. The van der Waals surface area contributed by atoms with Gasteiger partial charge in [0.05, 0.1) is 12.1 Å². The molecule has 8 nitrogen and oxygen atoms in total. The van der Waals surface area contributed by atoms with Crippen molar-refractivity contribution in [1.82, 2.24) is 9.55 Å². The van der Waals surface area contributed by atoms with E-state index in [1.807, 2.05) is 31.2 Å². The number of aryl methyl sites for hydroxylation is 1. The first-order chi connectivity index (χ1) is 15.6. The fourth-order valence-electron chi connectivity index (χ4n) is 3.65. The van der Waals surface area contributed by atoms with Gasteiger partial charge in [-0.2, -0.15) is 0 Å². The van der Waals surface area contributed by atoms with Crippen molar-refractivity contribution in [2.75, 3.05) is 0 Å². The highest BCUT2D eigenvalue weighted by Crippen LogP contribution is 2.32. The summed E-state index contributed by atoms with van der Waals surface area (Å²) < 4.78 is 6.74. The Bertz CT molecular complexity index is 1140. The largest absolute Gasteiger partial charge is 0.512 e. The molecule has 0 unspecified atom stereocenters. The van der Waals surface area contributed by atoms with Crippen molar-refractivity contribution >= 4 is 12.1 Å². The average molecular weight is 453 g/mol. The Labute approximate surface area is 192 Å². The van der Waals surface area contributed by atoms with Gasteiger partial charge in [0.2, 0.25) is 5.88 Å². The lowest BCUT2D eigenvalue weighted by Gasteiger charge is -2.17. The van der Waals surface area contributed by atoms with Gasteiger partial charge >= 0.3 is 12.1 Å². The molecule has 0 radical (unpaired) electrons. The number of carboxylic acids is 1. The first-order valence-corrected chi connectivity index (χ1v) is 10.8. The van der Waals surface area contributed by atoms with Gasteiger partial charge < -0.3 is 20.1 Å². The summed E-state index contributed by atoms with van der Waals surface area (Å²) in [5, 5.41) is 29.3. The number of carboxylic acid groups (broad SMARTS) is 2. The third kappa shape index (κ3) is 5.59. The van der Waals surface area contributed by atoms with E-state index >= 15 is 0 Å². The van der Waals surface area contributed by atoms with Crippen LogP contribution in [0.4, 0.5) is 4.79 Å². The summed E-state index contributed by atoms with van der Waals surface area (Å²) in [5.41, 5.74) is 1.22. The molecule has 0 spiro atoms. The van der Waals surface area contributed by atoms with E-state index in [0.717, 1.165) is 24.0 Å². The highest BCUT2D eigenvalue weighted by atomic mass is 16.7. The third-order valence-corrected chi connectivity index (χ3v) is 5.28. The smallest absolute Gasteiger partial charge is 0.478 e. The van der Waals surface area contributed by atoms with Crippen LogP contribution in [-0.2, 0) is 18.6 Å². The number of hydrogen-bond donors (Lipinski definition) is 3. The quantitative estimate of drug-likeness (QED) is 0.394. The van der Waals surface area contributed by atoms with Crippen LogP contribution in [0, 0.1) is 0 Å². The number of imidazole rings is 1. The molecular formula is C25H28N2O6. The Balaban J connectivity index is 2.01. The number of hydrogen-bond acceptors (Lipinski definition) is 5. The van der Waals surface area contributed by atoms with E-state index in [-0.39, 0.29) is 23.7 Å². The number of rotatable bonds is 9. The number of benzene rings is 2. The Morgan fingerprint density at radius 2 is 1.73 bits per heavy atom. The highest BCUT2D eigenvalue weighted by Gasteiger charge is 2.30. The van der Waals surface area contributed by atoms with Gasteiger partial charge in [0.25, 0.3) is 0 Å². The first-order valence-electron chi connectivity index (χ1n) is 10.8. The zero-order valence-electron chi connectivity index (χ0n) is 18.9. The van der Waals surface area contributed by atoms with E-state index < -0.39 is 17.7 Å². The minimum Gasteiger partial charge on any atom is -0.478 e. The summed E-state index contributed by atoms with van der Waals surface area (Å²) in [6.45, 7) is 5.40. The predicted octanol–water partition coefficient (Wildman–Crippen LogP) is 4.92. The molecule has 8 heteroatoms. The Hall–Kier alpha value is -3.65. The van der Waals surface area contributed by atoms with Crippen molar-refractivity contribution in [3.8, 4) is 17.0 Å². The maximum atomic E-state index is 11.5. The van der Waals surface area contributed by atoms with Gasteiger partial charge in [-0.25, -0.2) is 14.6 Å². The summed E-state index contributed by atoms with van der Waals surface area (Å²) >= 11 is 0. The molecule has 0 fully saturated rings. The standard InChI is InChI=1S/C25H28N2O6/c1-4-5-10-20-26-21(25(2,3)32)22(33-24(30)31)27(20)15-16-11-13-17(14-12-16)18-8-6-7-9-19(18)23(28)29/h6-9,11-14,32H,4-5,10,15H2,1-3H3,(H,28,29)(H,30,31). The monoisotopic (exact) mass is 452 g/mol. The van der Waals surface area contributed by atoms with Gasteiger partial charge in [-0.05, 0) is 43.0 Å². The molecule has 0 saturated carbocycles. The number of aliphatic hydroxyl groups is 1. The molecule has 0 aliphatic heterocycles. The van der Waals surface area contributed by atoms with Gasteiger partial charge in [-0.3, -0.25) is 4.57 Å². The number of carbonyl (C=O) groups is 2. The zero-order chi connectivity index (χ0) is 24.2. The molecule has 1 aromatic heterocycles. The molecular weight excluding hydrogens is 424 g/mol. The van der Waals surface area contributed by atoms with Crippen molar-refractivity contribution in [3.63, 3.8) is 0 Å². The summed E-state index contributed by atoms with van der Waals surface area (Å²) in [5.74, 6) is -0.366. The predicted molar refractivity (Wildman–Crippen MR) is 123 cm³/mol. The fraction of sp³-hybridized carbons (Fsp3) is 0.320. The minimum atomic E-state index is -1.48. The van der Waals surface area contributed by atoms with Crippen LogP contribution < -0.4 is 4.74 Å². The molecule has 0 atom stereocenters. The van der Waals surface area contributed by atoms with Crippen LogP contribution in [-0.4, -0.2) is 37.0 Å². The maximum absolute atomic E-state index is 11.5. The lowest BCUT2D eigenvalue weighted by molar-refractivity contribution is 0.0686. The maximum Gasteiger partial charge on any atom is 0.512 e. The van der Waals surface area contributed by atoms with Crippen LogP contribution in [0.3, 0.4) is 0 Å². The van der Waals surface area contributed by atoms with Gasteiger partial charge in [0.15, 0.2) is 0 Å². The molecule has 33 heavy (non-hydrogen) atoms. The Kier molecular flexibility index (Phi) is 7.18. The number of unbranched alkanes of at least 4 members (excludes halogenated alkanes) is 1. The third-order valence-electron chi connectivity index (χ3n) is 5.28. The molecule has 174 valence electrons. The Morgan fingerprint density at radius 1 is 1.06 bits per heavy atom. The van der Waals surface area contributed by atoms with E-state index in [2.05, 4.69) is 4.98 Å². The molecule has 1 heterocycles. The lowest BCUT2D eigenvalue weighted by atomic mass is 9.99. The summed E-state index contributed by atoms with van der Waals surface area (Å²) in [6, 6.07) is 14.1. The SMILES string of the molecule is CCCCc1nc(C(C)(C)O)c(OC(=O)O)n1Cc1ccc(-c2ccccc2C(=O)O)cc1. The molecule has 0 aliphatic rings. The van der Waals surface area contributed by atoms with Gasteiger partial charge in [0, 0.05) is 6.42 Å². The second-order valence-electron chi connectivity index (χ2n) is 8.35. The minimum absolute atomic E-state index is 0.00130. The summed E-state index contributed by atoms with van der Waals surface area (Å²) in [7, 11) is 0. The van der Waals surface area contributed by atoms with Crippen molar-refractivity contribution < 1.29 is 29.6 Å². The highest BCUT2D eigenvalue weighted by molar-refractivity contribution is 5.95. The second-order valence-corrected chi connectivity index (χ2v) is 8.35. The Morgan fingerprint density at radius 3 is 2.30 bits per heavy atom. The van der Waals surface area contributed by atoms with Gasteiger partial charge in [-0.1, -0.05) is 55.8 Å². The van der Waals surface area contributed by atoms with Crippen molar-refractivity contribution in [3.05, 3.63) is 71.2 Å². The van der Waals surface area contributed by atoms with Crippen LogP contribution in [0.25, 0.3) is 11.1 Å². The fourth-order valence-corrected chi connectivity index (χ4v) is 3.65. The molecule has 3 rings (SSSR count). The van der Waals surface area contributed by atoms with E-state index in [4.69, 9.17) is 4.74 Å². The zero-order valence-corrected chi connectivity index (χ0v) is 18.9. The van der Waals surface area contributed by atoms with Crippen LogP contribution in [0.5, 0.6) is 5.88 Å².